The van der Waals surface area contributed by atoms with E-state index in [1.54, 1.807) is 23.0 Å². The van der Waals surface area contributed by atoms with Crippen LogP contribution in [0.25, 0.3) is 10.2 Å². The molecule has 4 aromatic rings. The molecule has 1 amide bonds. The number of Topliss-reactive ketones (excluding diaryl/α,β-unsaturated/α-hetero) is 1. The molecule has 36 heavy (non-hydrogen) atoms. The van der Waals surface area contributed by atoms with Gasteiger partial charge in [-0.3, -0.25) is 9.59 Å². The smallest absolute Gasteiger partial charge is 0.385 e. The van der Waals surface area contributed by atoms with Crippen LogP contribution in [0, 0.1) is 0 Å². The molecule has 0 aliphatic carbocycles. The predicted molar refractivity (Wildman–Crippen MR) is 134 cm³/mol. The first-order valence-electron chi connectivity index (χ1n) is 11.0. The molecular weight excluding hydrogens is 511 g/mol. The van der Waals surface area contributed by atoms with E-state index in [2.05, 4.69) is 15.3 Å². The van der Waals surface area contributed by atoms with Gasteiger partial charge in [0.05, 0.1) is 27.2 Å². The molecule has 2 heterocycles. The summed E-state index contributed by atoms with van der Waals surface area (Å²) in [5, 5.41) is 4.81. The number of halogens is 3. The zero-order valence-corrected chi connectivity index (χ0v) is 20.8. The van der Waals surface area contributed by atoms with Crippen LogP contribution < -0.4 is 5.32 Å². The number of benzene rings is 2. The average molecular weight is 534 g/mol. The molecule has 0 bridgehead atoms. The van der Waals surface area contributed by atoms with Crippen molar-refractivity contribution in [1.29, 1.82) is 0 Å². The first-order chi connectivity index (χ1) is 17.2. The molecule has 1 atom stereocenters. The summed E-state index contributed by atoms with van der Waals surface area (Å²) in [6.07, 6.45) is -3.50. The van der Waals surface area contributed by atoms with Gasteiger partial charge in [-0.05, 0) is 42.2 Å². The van der Waals surface area contributed by atoms with Crippen LogP contribution >= 0.6 is 22.7 Å². The van der Waals surface area contributed by atoms with E-state index in [1.165, 1.54) is 41.9 Å². The van der Waals surface area contributed by atoms with E-state index in [-0.39, 0.29) is 17.8 Å². The van der Waals surface area contributed by atoms with Crippen LogP contribution in [0.5, 0.6) is 0 Å². The van der Waals surface area contributed by atoms with Gasteiger partial charge in [-0.1, -0.05) is 35.6 Å². The first-order valence-corrected chi connectivity index (χ1v) is 12.8. The zero-order chi connectivity index (χ0) is 25.7. The summed E-state index contributed by atoms with van der Waals surface area (Å²) in [5.41, 5.74) is 2.95. The molecular formula is C25H22F3N3O3S2. The molecule has 2 aromatic carbocycles. The van der Waals surface area contributed by atoms with Crippen molar-refractivity contribution >= 4 is 49.7 Å². The SMILES string of the molecule is COCCCC(C(=O)Nc1nc2ccc(CC(=O)c3cscn3)cc2s1)c1cccc(C(F)(F)F)c1. The van der Waals surface area contributed by atoms with Crippen molar-refractivity contribution in [3.05, 3.63) is 75.7 Å². The van der Waals surface area contributed by atoms with Gasteiger partial charge in [-0.2, -0.15) is 13.2 Å². The number of hydrogen-bond acceptors (Lipinski definition) is 7. The number of thiazole rings is 2. The van der Waals surface area contributed by atoms with Gasteiger partial charge < -0.3 is 10.1 Å². The number of ether oxygens (including phenoxy) is 1. The normalized spacial score (nSPS) is 12.6. The van der Waals surface area contributed by atoms with Gasteiger partial charge in [0.2, 0.25) is 5.91 Å². The zero-order valence-electron chi connectivity index (χ0n) is 19.2. The van der Waals surface area contributed by atoms with Gasteiger partial charge in [-0.25, -0.2) is 9.97 Å². The lowest BCUT2D eigenvalue weighted by Gasteiger charge is -2.18. The third-order valence-electron chi connectivity index (χ3n) is 5.54. The Morgan fingerprint density at radius 2 is 2.00 bits per heavy atom. The van der Waals surface area contributed by atoms with Crippen LogP contribution in [-0.4, -0.2) is 35.4 Å². The third kappa shape index (κ3) is 6.34. The highest BCUT2D eigenvalue weighted by molar-refractivity contribution is 7.22. The van der Waals surface area contributed by atoms with Crippen LogP contribution in [0.3, 0.4) is 0 Å². The summed E-state index contributed by atoms with van der Waals surface area (Å²) in [7, 11) is 1.53. The Balaban J connectivity index is 1.53. The van der Waals surface area contributed by atoms with E-state index >= 15 is 0 Å². The Kier molecular flexibility index (Phi) is 8.12. The fourth-order valence-corrected chi connectivity index (χ4v) is 5.25. The summed E-state index contributed by atoms with van der Waals surface area (Å²) >= 11 is 2.60. The number of rotatable bonds is 10. The van der Waals surface area contributed by atoms with Gasteiger partial charge in [-0.15, -0.1) is 11.3 Å². The fourth-order valence-electron chi connectivity index (χ4n) is 3.76. The van der Waals surface area contributed by atoms with Gasteiger partial charge in [0.1, 0.15) is 5.69 Å². The molecule has 4 rings (SSSR count). The van der Waals surface area contributed by atoms with Gasteiger partial charge in [0.25, 0.3) is 0 Å². The third-order valence-corrected chi connectivity index (χ3v) is 7.06. The van der Waals surface area contributed by atoms with Gasteiger partial charge in [0.15, 0.2) is 10.9 Å². The Bertz CT molecular complexity index is 1350. The van der Waals surface area contributed by atoms with Crippen molar-refractivity contribution in [2.24, 2.45) is 0 Å². The van der Waals surface area contributed by atoms with E-state index < -0.39 is 23.6 Å². The Hall–Kier alpha value is -3.15. The van der Waals surface area contributed by atoms with Crippen LogP contribution in [0.15, 0.2) is 53.4 Å². The standard InChI is InChI=1S/C25H22F3N3O3S2/c1-34-9-3-6-18(16-4-2-5-17(12-16)25(26,27)28)23(33)31-24-30-19-8-7-15(11-22(19)36-24)10-21(32)20-13-35-14-29-20/h2,4-5,7-8,11-14,18H,3,6,9-10H2,1H3,(H,30,31,33). The summed E-state index contributed by atoms with van der Waals surface area (Å²) in [6.45, 7) is 0.381. The highest BCUT2D eigenvalue weighted by Crippen LogP contribution is 2.33. The van der Waals surface area contributed by atoms with Crippen LogP contribution in [0.1, 0.15) is 45.9 Å². The van der Waals surface area contributed by atoms with Crippen molar-refractivity contribution in [2.75, 3.05) is 19.0 Å². The number of nitrogens with one attached hydrogen (secondary N) is 1. The number of alkyl halides is 3. The molecule has 0 spiro atoms. The molecule has 0 aliphatic rings. The molecule has 6 nitrogen and oxygen atoms in total. The topological polar surface area (TPSA) is 81.2 Å². The van der Waals surface area contributed by atoms with Crippen molar-refractivity contribution in [3.8, 4) is 0 Å². The minimum Gasteiger partial charge on any atom is -0.385 e. The number of aromatic nitrogens is 2. The second-order valence-corrected chi connectivity index (χ2v) is 9.84. The van der Waals surface area contributed by atoms with E-state index in [1.807, 2.05) is 6.07 Å². The largest absolute Gasteiger partial charge is 0.416 e. The van der Waals surface area contributed by atoms with Crippen LogP contribution in [0.4, 0.5) is 18.3 Å². The molecule has 0 aliphatic heterocycles. The summed E-state index contributed by atoms with van der Waals surface area (Å²) in [5.74, 6) is -1.34. The lowest BCUT2D eigenvalue weighted by Crippen LogP contribution is -2.22. The minimum atomic E-state index is -4.50. The number of carbonyl (C=O) groups is 2. The molecule has 0 fully saturated rings. The molecule has 0 saturated heterocycles. The summed E-state index contributed by atoms with van der Waals surface area (Å²) in [6, 6.07) is 10.2. The van der Waals surface area contributed by atoms with Crippen LogP contribution in [-0.2, 0) is 22.1 Å². The average Bonchev–Trinajstić information content (AvgIpc) is 3.51. The maximum Gasteiger partial charge on any atom is 0.416 e. The number of ketones is 1. The Morgan fingerprint density at radius 1 is 1.17 bits per heavy atom. The maximum atomic E-state index is 13.2. The fraction of sp³-hybridized carbons (Fsp3) is 0.280. The second kappa shape index (κ2) is 11.3. The molecule has 11 heteroatoms. The maximum absolute atomic E-state index is 13.2. The van der Waals surface area contributed by atoms with E-state index in [4.69, 9.17) is 4.74 Å². The van der Waals surface area contributed by atoms with Crippen molar-refractivity contribution in [1.82, 2.24) is 9.97 Å². The van der Waals surface area contributed by atoms with Crippen molar-refractivity contribution < 1.29 is 27.5 Å². The van der Waals surface area contributed by atoms with Crippen molar-refractivity contribution in [3.63, 3.8) is 0 Å². The number of methoxy groups -OCH3 is 1. The summed E-state index contributed by atoms with van der Waals surface area (Å²) in [4.78, 5) is 34.0. The van der Waals surface area contributed by atoms with E-state index in [9.17, 15) is 22.8 Å². The lowest BCUT2D eigenvalue weighted by molar-refractivity contribution is -0.137. The molecule has 0 saturated carbocycles. The molecule has 188 valence electrons. The number of anilines is 1. The minimum absolute atomic E-state index is 0.0892. The second-order valence-electron chi connectivity index (χ2n) is 8.09. The quantitative estimate of drug-likeness (QED) is 0.190. The Morgan fingerprint density at radius 3 is 2.72 bits per heavy atom. The highest BCUT2D eigenvalue weighted by atomic mass is 32.1. The number of amides is 1. The van der Waals surface area contributed by atoms with Gasteiger partial charge in [0, 0.05) is 25.5 Å². The molecule has 1 N–H and O–H groups in total. The van der Waals surface area contributed by atoms with Gasteiger partial charge >= 0.3 is 6.18 Å². The number of nitrogens with zero attached hydrogens (tertiary/aromatic N) is 2. The molecule has 1 unspecified atom stereocenters. The van der Waals surface area contributed by atoms with E-state index in [0.717, 1.165) is 22.4 Å². The monoisotopic (exact) mass is 533 g/mol. The predicted octanol–water partition coefficient (Wildman–Crippen LogP) is 6.35. The number of hydrogen-bond donors (Lipinski definition) is 1. The lowest BCUT2D eigenvalue weighted by atomic mass is 9.92. The number of carbonyl (C=O) groups excluding carboxylic acids is 2. The summed E-state index contributed by atoms with van der Waals surface area (Å²) < 4.78 is 45.6. The highest BCUT2D eigenvalue weighted by Gasteiger charge is 2.32. The molecule has 2 aromatic heterocycles. The number of fused-ring (bicyclic) bond motifs is 1. The van der Waals surface area contributed by atoms with E-state index in [0.29, 0.717) is 35.8 Å². The molecule has 0 radical (unpaired) electrons. The first kappa shape index (κ1) is 25.9. The Labute approximate surface area is 213 Å². The van der Waals surface area contributed by atoms with Crippen molar-refractivity contribution in [2.45, 2.75) is 31.4 Å². The van der Waals surface area contributed by atoms with Crippen LogP contribution in [0.2, 0.25) is 0 Å².